The second-order valence-electron chi connectivity index (χ2n) is 8.30. The fourth-order valence-electron chi connectivity index (χ4n) is 3.80. The summed E-state index contributed by atoms with van der Waals surface area (Å²) in [5, 5.41) is 0. The number of nitrogens with zero attached hydrogens (tertiary/aromatic N) is 2. The normalized spacial score (nSPS) is 10.8. The van der Waals surface area contributed by atoms with Crippen LogP contribution in [0.2, 0.25) is 0 Å². The summed E-state index contributed by atoms with van der Waals surface area (Å²) in [5.41, 5.74) is 9.26. The van der Waals surface area contributed by atoms with Gasteiger partial charge in [0, 0.05) is 35.1 Å². The van der Waals surface area contributed by atoms with Gasteiger partial charge in [-0.05, 0) is 73.5 Å². The first-order valence-corrected chi connectivity index (χ1v) is 11.4. The van der Waals surface area contributed by atoms with Gasteiger partial charge >= 0.3 is 0 Å². The van der Waals surface area contributed by atoms with Gasteiger partial charge in [0.25, 0.3) is 0 Å². The number of rotatable bonds is 8. The fraction of sp³-hybridized carbons (Fsp3) is 0.0625. The molecule has 4 aromatic rings. The summed E-state index contributed by atoms with van der Waals surface area (Å²) in [6.45, 7) is 11.8. The Bertz CT molecular complexity index is 1210. The van der Waals surface area contributed by atoms with Gasteiger partial charge in [0.2, 0.25) is 0 Å². The van der Waals surface area contributed by atoms with E-state index in [4.69, 9.17) is 0 Å². The molecule has 4 aromatic carbocycles. The lowest BCUT2D eigenvalue weighted by atomic mass is 10.1. The smallest absolute Gasteiger partial charge is 0.0462 e. The molecule has 34 heavy (non-hydrogen) atoms. The first-order valence-electron chi connectivity index (χ1n) is 11.4. The van der Waals surface area contributed by atoms with Crippen LogP contribution in [0.5, 0.6) is 0 Å². The van der Waals surface area contributed by atoms with Crippen LogP contribution in [0.15, 0.2) is 123 Å². The van der Waals surface area contributed by atoms with Crippen molar-refractivity contribution in [1.82, 2.24) is 0 Å². The minimum Gasteiger partial charge on any atom is -0.325 e. The van der Waals surface area contributed by atoms with E-state index in [1.807, 2.05) is 4.90 Å². The van der Waals surface area contributed by atoms with E-state index in [9.17, 15) is 0 Å². The molecule has 0 aliphatic rings. The SMILES string of the molecule is C=CN(C=C)c1ccc(C=Cc2ccc(N(c3ccc(C)cc3)c3ccc(C)cc3)cc2)cc1. The highest BCUT2D eigenvalue weighted by molar-refractivity contribution is 5.78. The molecule has 0 spiro atoms. The molecule has 2 heteroatoms. The van der Waals surface area contributed by atoms with Crippen molar-refractivity contribution in [3.05, 3.63) is 145 Å². The summed E-state index contributed by atoms with van der Waals surface area (Å²) in [7, 11) is 0. The van der Waals surface area contributed by atoms with E-state index in [0.717, 1.165) is 33.9 Å². The van der Waals surface area contributed by atoms with Crippen LogP contribution in [0.25, 0.3) is 12.2 Å². The summed E-state index contributed by atoms with van der Waals surface area (Å²) in [6.07, 6.45) is 7.76. The summed E-state index contributed by atoms with van der Waals surface area (Å²) in [6, 6.07) is 34.3. The number of hydrogen-bond donors (Lipinski definition) is 0. The molecule has 0 heterocycles. The van der Waals surface area contributed by atoms with E-state index in [-0.39, 0.29) is 0 Å². The predicted octanol–water partition coefficient (Wildman–Crippen LogP) is 9.04. The van der Waals surface area contributed by atoms with Crippen LogP contribution in [0.1, 0.15) is 22.3 Å². The third-order valence-electron chi connectivity index (χ3n) is 5.79. The Morgan fingerprint density at radius 3 is 1.15 bits per heavy atom. The van der Waals surface area contributed by atoms with Crippen molar-refractivity contribution in [2.75, 3.05) is 9.80 Å². The monoisotopic (exact) mass is 442 g/mol. The summed E-state index contributed by atoms with van der Waals surface area (Å²) in [5.74, 6) is 0. The summed E-state index contributed by atoms with van der Waals surface area (Å²) < 4.78 is 0. The van der Waals surface area contributed by atoms with Crippen LogP contribution in [0, 0.1) is 13.8 Å². The maximum absolute atomic E-state index is 3.81. The van der Waals surface area contributed by atoms with Crippen LogP contribution in [0.3, 0.4) is 0 Å². The lowest BCUT2D eigenvalue weighted by Crippen LogP contribution is -2.09. The lowest BCUT2D eigenvalue weighted by molar-refractivity contribution is 1.27. The second-order valence-corrected chi connectivity index (χ2v) is 8.30. The fourth-order valence-corrected chi connectivity index (χ4v) is 3.80. The van der Waals surface area contributed by atoms with Crippen molar-refractivity contribution >= 4 is 34.9 Å². The van der Waals surface area contributed by atoms with Crippen molar-refractivity contribution in [1.29, 1.82) is 0 Å². The van der Waals surface area contributed by atoms with E-state index in [2.05, 4.69) is 141 Å². The van der Waals surface area contributed by atoms with Crippen molar-refractivity contribution in [2.24, 2.45) is 0 Å². The number of benzene rings is 4. The maximum atomic E-state index is 3.81. The maximum Gasteiger partial charge on any atom is 0.0462 e. The first-order chi connectivity index (χ1) is 16.6. The van der Waals surface area contributed by atoms with Gasteiger partial charge in [-0.3, -0.25) is 0 Å². The van der Waals surface area contributed by atoms with Crippen LogP contribution < -0.4 is 9.80 Å². The molecule has 0 unspecified atom stereocenters. The quantitative estimate of drug-likeness (QED) is 0.251. The Kier molecular flexibility index (Phi) is 7.10. The molecule has 0 aliphatic heterocycles. The van der Waals surface area contributed by atoms with E-state index in [0.29, 0.717) is 0 Å². The van der Waals surface area contributed by atoms with E-state index in [1.165, 1.54) is 11.1 Å². The van der Waals surface area contributed by atoms with Gasteiger partial charge in [-0.2, -0.15) is 0 Å². The van der Waals surface area contributed by atoms with Gasteiger partial charge in [0.1, 0.15) is 0 Å². The zero-order valence-electron chi connectivity index (χ0n) is 19.9. The molecule has 0 saturated heterocycles. The third-order valence-corrected chi connectivity index (χ3v) is 5.79. The molecule has 0 amide bonds. The molecule has 0 saturated carbocycles. The lowest BCUT2D eigenvalue weighted by Gasteiger charge is -2.25. The van der Waals surface area contributed by atoms with Gasteiger partial charge in [-0.15, -0.1) is 0 Å². The minimum absolute atomic E-state index is 1.04. The highest BCUT2D eigenvalue weighted by Crippen LogP contribution is 2.34. The molecule has 2 nitrogen and oxygen atoms in total. The molecule has 168 valence electrons. The van der Waals surface area contributed by atoms with E-state index >= 15 is 0 Å². The van der Waals surface area contributed by atoms with Gasteiger partial charge in [-0.1, -0.05) is 85.0 Å². The zero-order valence-corrected chi connectivity index (χ0v) is 19.9. The second kappa shape index (κ2) is 10.5. The Hall–Kier alpha value is -4.30. The van der Waals surface area contributed by atoms with Crippen molar-refractivity contribution in [3.63, 3.8) is 0 Å². The zero-order chi connectivity index (χ0) is 23.9. The summed E-state index contributed by atoms with van der Waals surface area (Å²) >= 11 is 0. The third kappa shape index (κ3) is 5.36. The van der Waals surface area contributed by atoms with E-state index in [1.54, 1.807) is 12.4 Å². The van der Waals surface area contributed by atoms with Crippen molar-refractivity contribution in [3.8, 4) is 0 Å². The van der Waals surface area contributed by atoms with Crippen LogP contribution in [-0.4, -0.2) is 0 Å². The first kappa shape index (κ1) is 22.9. The van der Waals surface area contributed by atoms with Crippen molar-refractivity contribution in [2.45, 2.75) is 13.8 Å². The molecule has 0 bridgehead atoms. The minimum atomic E-state index is 1.04. The molecule has 0 aromatic heterocycles. The average Bonchev–Trinajstić information content (AvgIpc) is 2.87. The van der Waals surface area contributed by atoms with Crippen LogP contribution in [-0.2, 0) is 0 Å². The molecule has 0 fully saturated rings. The van der Waals surface area contributed by atoms with Gasteiger partial charge in [-0.25, -0.2) is 0 Å². The van der Waals surface area contributed by atoms with Crippen LogP contribution in [0.4, 0.5) is 22.7 Å². The standard InChI is InChI=1S/C32H30N2/c1-5-33(6-2)29-21-13-27(14-22-29)11-12-28-15-23-32(24-16-28)34(30-17-7-25(3)8-18-30)31-19-9-26(4)10-20-31/h5-24H,1-2H2,3-4H3. The number of aryl methyl sites for hydroxylation is 2. The highest BCUT2D eigenvalue weighted by Gasteiger charge is 2.12. The molecule has 0 atom stereocenters. The van der Waals surface area contributed by atoms with Gasteiger partial charge < -0.3 is 9.80 Å². The molecule has 0 N–H and O–H groups in total. The Balaban J connectivity index is 1.57. The molecular weight excluding hydrogens is 412 g/mol. The van der Waals surface area contributed by atoms with Crippen molar-refractivity contribution < 1.29 is 0 Å². The molecule has 0 radical (unpaired) electrons. The number of anilines is 4. The Labute approximate surface area is 203 Å². The molecule has 0 aliphatic carbocycles. The molecular formula is C32H30N2. The van der Waals surface area contributed by atoms with E-state index < -0.39 is 0 Å². The number of hydrogen-bond acceptors (Lipinski definition) is 2. The van der Waals surface area contributed by atoms with Gasteiger partial charge in [0.05, 0.1) is 0 Å². The predicted molar refractivity (Wildman–Crippen MR) is 149 cm³/mol. The molecule has 4 rings (SSSR count). The largest absolute Gasteiger partial charge is 0.325 e. The topological polar surface area (TPSA) is 6.48 Å². The highest BCUT2D eigenvalue weighted by atomic mass is 15.1. The van der Waals surface area contributed by atoms with Crippen LogP contribution >= 0.6 is 0 Å². The summed E-state index contributed by atoms with van der Waals surface area (Å²) in [4.78, 5) is 4.18. The van der Waals surface area contributed by atoms with Gasteiger partial charge in [0.15, 0.2) is 0 Å². The Morgan fingerprint density at radius 2 is 0.794 bits per heavy atom. The average molecular weight is 443 g/mol. The Morgan fingerprint density at radius 1 is 0.471 bits per heavy atom.